The third-order valence-corrected chi connectivity index (χ3v) is 2.97. The highest BCUT2D eigenvalue weighted by Gasteiger charge is 2.27. The fourth-order valence-corrected chi connectivity index (χ4v) is 2.02. The first-order valence-electron chi connectivity index (χ1n) is 6.69. The lowest BCUT2D eigenvalue weighted by Crippen LogP contribution is -2.48. The molecule has 1 amide bonds. The van der Waals surface area contributed by atoms with E-state index in [-0.39, 0.29) is 5.91 Å². The number of rotatable bonds is 6. The highest BCUT2D eigenvalue weighted by atomic mass is 16.2. The summed E-state index contributed by atoms with van der Waals surface area (Å²) in [7, 11) is 4.03. The van der Waals surface area contributed by atoms with Crippen molar-refractivity contribution >= 4 is 11.6 Å². The Bertz CT molecular complexity index is 427. The zero-order valence-electron chi connectivity index (χ0n) is 12.4. The monoisotopic (exact) mass is 263 g/mol. The number of hydrogen-bond acceptors (Lipinski definition) is 3. The van der Waals surface area contributed by atoms with Crippen LogP contribution >= 0.6 is 0 Å². The highest BCUT2D eigenvalue weighted by Crippen LogP contribution is 2.16. The molecule has 1 aromatic carbocycles. The first kappa shape index (κ1) is 15.7. The average molecular weight is 263 g/mol. The van der Waals surface area contributed by atoms with E-state index in [1.807, 2.05) is 45.3 Å². The lowest BCUT2D eigenvalue weighted by Gasteiger charge is -2.23. The Kier molecular flexibility index (Phi) is 5.51. The number of carbonyl (C=O) groups excluding carboxylic acids is 1. The number of hydrogen-bond donors (Lipinski definition) is 2. The van der Waals surface area contributed by atoms with Crippen LogP contribution in [0.4, 0.5) is 5.69 Å². The molecule has 0 saturated heterocycles. The van der Waals surface area contributed by atoms with E-state index in [0.717, 1.165) is 24.2 Å². The molecule has 0 aliphatic heterocycles. The van der Waals surface area contributed by atoms with Crippen LogP contribution in [-0.2, 0) is 11.3 Å². The maximum Gasteiger partial charge on any atom is 0.244 e. The van der Waals surface area contributed by atoms with Crippen molar-refractivity contribution in [2.45, 2.75) is 38.8 Å². The van der Waals surface area contributed by atoms with Crippen LogP contribution in [0.3, 0.4) is 0 Å². The number of nitrogens with one attached hydrogen (secondary N) is 1. The molecule has 106 valence electrons. The first-order chi connectivity index (χ1) is 8.85. The molecular weight excluding hydrogens is 238 g/mol. The molecule has 0 heterocycles. The van der Waals surface area contributed by atoms with Gasteiger partial charge in [-0.05, 0) is 45.1 Å². The van der Waals surface area contributed by atoms with Crippen LogP contribution in [0.2, 0.25) is 0 Å². The zero-order chi connectivity index (χ0) is 14.5. The number of carbonyl (C=O) groups is 1. The molecule has 19 heavy (non-hydrogen) atoms. The largest absolute Gasteiger partial charge is 0.324 e. The predicted octanol–water partition coefficient (Wildman–Crippen LogP) is 2.20. The summed E-state index contributed by atoms with van der Waals surface area (Å²) < 4.78 is 0. The molecule has 1 rings (SSSR count). The van der Waals surface area contributed by atoms with Gasteiger partial charge in [-0.3, -0.25) is 4.79 Å². The van der Waals surface area contributed by atoms with Gasteiger partial charge in [0.2, 0.25) is 5.91 Å². The topological polar surface area (TPSA) is 58.4 Å². The molecule has 0 aromatic heterocycles. The van der Waals surface area contributed by atoms with Crippen LogP contribution in [0.15, 0.2) is 24.3 Å². The van der Waals surface area contributed by atoms with Crippen LogP contribution in [0.1, 0.15) is 32.3 Å². The molecule has 0 saturated carbocycles. The Morgan fingerprint density at radius 3 is 2.68 bits per heavy atom. The minimum atomic E-state index is -0.813. The molecular formula is C15H25N3O. The number of nitrogens with two attached hydrogens (primary N) is 1. The maximum absolute atomic E-state index is 12.1. The summed E-state index contributed by atoms with van der Waals surface area (Å²) >= 11 is 0. The standard InChI is InChI=1S/C15H25N3O/c1-5-9-15(2,16)14(19)17-13-8-6-7-12(10-13)11-18(3)4/h6-8,10H,5,9,11,16H2,1-4H3,(H,17,19). The molecule has 0 radical (unpaired) electrons. The van der Waals surface area contributed by atoms with Gasteiger partial charge in [0.05, 0.1) is 5.54 Å². The second-order valence-corrected chi connectivity index (χ2v) is 5.56. The number of benzene rings is 1. The SMILES string of the molecule is CCCC(C)(N)C(=O)Nc1cccc(CN(C)C)c1. The third-order valence-electron chi connectivity index (χ3n) is 2.97. The number of amides is 1. The van der Waals surface area contributed by atoms with Gasteiger partial charge in [0.1, 0.15) is 0 Å². The summed E-state index contributed by atoms with van der Waals surface area (Å²) in [4.78, 5) is 14.2. The van der Waals surface area contributed by atoms with Crippen LogP contribution in [0.25, 0.3) is 0 Å². The highest BCUT2D eigenvalue weighted by molar-refractivity contribution is 5.97. The van der Waals surface area contributed by atoms with Crippen LogP contribution in [0, 0.1) is 0 Å². The van der Waals surface area contributed by atoms with E-state index in [4.69, 9.17) is 5.73 Å². The minimum absolute atomic E-state index is 0.128. The molecule has 1 atom stereocenters. The van der Waals surface area contributed by atoms with Gasteiger partial charge in [-0.2, -0.15) is 0 Å². The fraction of sp³-hybridized carbons (Fsp3) is 0.533. The number of anilines is 1. The predicted molar refractivity (Wildman–Crippen MR) is 80.0 cm³/mol. The van der Waals surface area contributed by atoms with E-state index in [9.17, 15) is 4.79 Å². The quantitative estimate of drug-likeness (QED) is 0.827. The van der Waals surface area contributed by atoms with Crippen molar-refractivity contribution < 1.29 is 4.79 Å². The Morgan fingerprint density at radius 1 is 1.42 bits per heavy atom. The third kappa shape index (κ3) is 5.01. The number of nitrogens with zero attached hydrogens (tertiary/aromatic N) is 1. The van der Waals surface area contributed by atoms with Gasteiger partial charge in [0.15, 0.2) is 0 Å². The summed E-state index contributed by atoms with van der Waals surface area (Å²) in [6.07, 6.45) is 1.57. The summed E-state index contributed by atoms with van der Waals surface area (Å²) in [5.41, 5.74) is 7.17. The van der Waals surface area contributed by atoms with Crippen molar-refractivity contribution in [3.63, 3.8) is 0 Å². The van der Waals surface area contributed by atoms with E-state index in [2.05, 4.69) is 10.2 Å². The summed E-state index contributed by atoms with van der Waals surface area (Å²) in [6.45, 7) is 4.64. The Morgan fingerprint density at radius 2 is 2.11 bits per heavy atom. The van der Waals surface area contributed by atoms with Gasteiger partial charge < -0.3 is 16.0 Å². The lowest BCUT2D eigenvalue weighted by molar-refractivity contribution is -0.120. The molecule has 0 aliphatic carbocycles. The van der Waals surface area contributed by atoms with E-state index in [1.54, 1.807) is 6.92 Å². The van der Waals surface area contributed by atoms with Crippen LogP contribution in [-0.4, -0.2) is 30.4 Å². The molecule has 1 aromatic rings. The van der Waals surface area contributed by atoms with Crippen molar-refractivity contribution in [3.05, 3.63) is 29.8 Å². The van der Waals surface area contributed by atoms with Crippen molar-refractivity contribution in [2.24, 2.45) is 5.73 Å². The maximum atomic E-state index is 12.1. The minimum Gasteiger partial charge on any atom is -0.324 e. The summed E-state index contributed by atoms with van der Waals surface area (Å²) in [6, 6.07) is 7.87. The molecule has 3 N–H and O–H groups in total. The van der Waals surface area contributed by atoms with E-state index >= 15 is 0 Å². The van der Waals surface area contributed by atoms with Gasteiger partial charge in [-0.25, -0.2) is 0 Å². The van der Waals surface area contributed by atoms with Crippen LogP contribution < -0.4 is 11.1 Å². The summed E-state index contributed by atoms with van der Waals surface area (Å²) in [5, 5.41) is 2.90. The van der Waals surface area contributed by atoms with Crippen molar-refractivity contribution in [2.75, 3.05) is 19.4 Å². The van der Waals surface area contributed by atoms with Crippen LogP contribution in [0.5, 0.6) is 0 Å². The fourth-order valence-electron chi connectivity index (χ4n) is 2.02. The molecule has 4 nitrogen and oxygen atoms in total. The van der Waals surface area contributed by atoms with Crippen molar-refractivity contribution in [3.8, 4) is 0 Å². The molecule has 0 spiro atoms. The van der Waals surface area contributed by atoms with Gasteiger partial charge in [0, 0.05) is 12.2 Å². The van der Waals surface area contributed by atoms with Gasteiger partial charge >= 0.3 is 0 Å². The molecule has 0 bridgehead atoms. The second kappa shape index (κ2) is 6.68. The first-order valence-corrected chi connectivity index (χ1v) is 6.69. The molecule has 0 fully saturated rings. The van der Waals surface area contributed by atoms with Gasteiger partial charge in [-0.15, -0.1) is 0 Å². The average Bonchev–Trinajstić information content (AvgIpc) is 2.28. The van der Waals surface area contributed by atoms with E-state index < -0.39 is 5.54 Å². The van der Waals surface area contributed by atoms with Crippen molar-refractivity contribution in [1.29, 1.82) is 0 Å². The van der Waals surface area contributed by atoms with Gasteiger partial charge in [0.25, 0.3) is 0 Å². The smallest absolute Gasteiger partial charge is 0.244 e. The Balaban J connectivity index is 2.74. The Hall–Kier alpha value is -1.39. The molecule has 4 heteroatoms. The Labute approximate surface area is 116 Å². The van der Waals surface area contributed by atoms with E-state index in [0.29, 0.717) is 6.42 Å². The molecule has 0 aliphatic rings. The zero-order valence-corrected chi connectivity index (χ0v) is 12.4. The summed E-state index contributed by atoms with van der Waals surface area (Å²) in [5.74, 6) is -0.128. The van der Waals surface area contributed by atoms with Gasteiger partial charge in [-0.1, -0.05) is 25.5 Å². The molecule has 1 unspecified atom stereocenters. The second-order valence-electron chi connectivity index (χ2n) is 5.56. The lowest BCUT2D eigenvalue weighted by atomic mass is 9.96. The normalized spacial score (nSPS) is 14.2. The van der Waals surface area contributed by atoms with E-state index in [1.165, 1.54) is 0 Å². The van der Waals surface area contributed by atoms with Crippen molar-refractivity contribution in [1.82, 2.24) is 4.90 Å².